The van der Waals surface area contributed by atoms with Crippen LogP contribution in [0.15, 0.2) is 24.3 Å². The Morgan fingerprint density at radius 2 is 2.16 bits per heavy atom. The van der Waals surface area contributed by atoms with E-state index in [1.165, 1.54) is 0 Å². The second kappa shape index (κ2) is 8.77. The number of aryl methyl sites for hydroxylation is 1. The Kier molecular flexibility index (Phi) is 6.72. The molecule has 1 aliphatic carbocycles. The van der Waals surface area contributed by atoms with E-state index in [1.807, 2.05) is 45.0 Å². The fraction of sp³-hybridized carbons (Fsp3) is 0.550. The topological polar surface area (TPSA) is 79.2 Å². The number of nitriles is 1. The van der Waals surface area contributed by atoms with Crippen LogP contribution in [0.1, 0.15) is 43.7 Å². The third kappa shape index (κ3) is 5.40. The van der Waals surface area contributed by atoms with Crippen LogP contribution in [-0.4, -0.2) is 30.9 Å². The molecule has 2 rings (SSSR count). The lowest BCUT2D eigenvalue weighted by Crippen LogP contribution is -2.36. The molecule has 0 spiro atoms. The summed E-state index contributed by atoms with van der Waals surface area (Å²) >= 11 is 0. The van der Waals surface area contributed by atoms with Crippen LogP contribution in [0.2, 0.25) is 0 Å². The van der Waals surface area contributed by atoms with Gasteiger partial charge in [-0.2, -0.15) is 5.26 Å². The van der Waals surface area contributed by atoms with E-state index in [0.29, 0.717) is 19.6 Å². The molecule has 0 bridgehead atoms. The van der Waals surface area contributed by atoms with Crippen LogP contribution in [0.25, 0.3) is 0 Å². The van der Waals surface area contributed by atoms with Gasteiger partial charge in [-0.3, -0.25) is 9.59 Å². The van der Waals surface area contributed by atoms with Gasteiger partial charge in [0.25, 0.3) is 0 Å². The van der Waals surface area contributed by atoms with Crippen molar-refractivity contribution in [2.45, 2.75) is 45.6 Å². The van der Waals surface area contributed by atoms with Crippen LogP contribution in [0.5, 0.6) is 0 Å². The molecule has 1 amide bonds. The van der Waals surface area contributed by atoms with E-state index in [-0.39, 0.29) is 23.7 Å². The third-order valence-electron chi connectivity index (χ3n) is 4.37. The summed E-state index contributed by atoms with van der Waals surface area (Å²) in [6.07, 6.45) is 1.53. The summed E-state index contributed by atoms with van der Waals surface area (Å²) < 4.78 is 5.40. The number of rotatable bonds is 9. The van der Waals surface area contributed by atoms with Gasteiger partial charge < -0.3 is 10.1 Å². The van der Waals surface area contributed by atoms with E-state index in [2.05, 4.69) is 11.4 Å². The Bertz CT molecular complexity index is 663. The molecule has 1 aromatic carbocycles. The Hall–Kier alpha value is -2.19. The Labute approximate surface area is 149 Å². The van der Waals surface area contributed by atoms with Crippen molar-refractivity contribution in [2.24, 2.45) is 11.8 Å². The number of hydrogen-bond acceptors (Lipinski definition) is 4. The fourth-order valence-electron chi connectivity index (χ4n) is 2.95. The van der Waals surface area contributed by atoms with Gasteiger partial charge in [0.15, 0.2) is 11.7 Å². The summed E-state index contributed by atoms with van der Waals surface area (Å²) in [7, 11) is 0. The molecule has 0 saturated heterocycles. The smallest absolute Gasteiger partial charge is 0.245 e. The maximum Gasteiger partial charge on any atom is 0.245 e. The summed E-state index contributed by atoms with van der Waals surface area (Å²) in [5.74, 6) is -2.06. The van der Waals surface area contributed by atoms with E-state index >= 15 is 0 Å². The highest BCUT2D eigenvalue weighted by molar-refractivity contribution is 6.06. The molecule has 0 aliphatic heterocycles. The van der Waals surface area contributed by atoms with Crippen LogP contribution in [0.3, 0.4) is 0 Å². The zero-order chi connectivity index (χ0) is 18.4. The summed E-state index contributed by atoms with van der Waals surface area (Å²) in [6.45, 7) is 6.86. The van der Waals surface area contributed by atoms with E-state index in [1.54, 1.807) is 0 Å². The zero-order valence-electron chi connectivity index (χ0n) is 15.1. The van der Waals surface area contributed by atoms with Gasteiger partial charge in [-0.05, 0) is 45.1 Å². The number of benzene rings is 1. The summed E-state index contributed by atoms with van der Waals surface area (Å²) in [4.78, 5) is 24.7. The molecule has 1 N–H and O–H groups in total. The van der Waals surface area contributed by atoms with Gasteiger partial charge in [0.2, 0.25) is 5.91 Å². The highest BCUT2D eigenvalue weighted by Gasteiger charge is 2.47. The molecule has 134 valence electrons. The van der Waals surface area contributed by atoms with Gasteiger partial charge in [-0.25, -0.2) is 0 Å². The molecule has 1 aliphatic rings. The Morgan fingerprint density at radius 3 is 2.80 bits per heavy atom. The lowest BCUT2D eigenvalue weighted by molar-refractivity contribution is -0.132. The minimum absolute atomic E-state index is 0.135. The number of hydrogen-bond donors (Lipinski definition) is 1. The minimum Gasteiger partial charge on any atom is -0.379 e. The number of amides is 1. The molecule has 1 fully saturated rings. The second-order valence-electron chi connectivity index (χ2n) is 6.89. The van der Waals surface area contributed by atoms with E-state index in [4.69, 9.17) is 4.74 Å². The van der Waals surface area contributed by atoms with E-state index < -0.39 is 11.8 Å². The molecule has 0 heterocycles. The van der Waals surface area contributed by atoms with Crippen molar-refractivity contribution >= 4 is 11.7 Å². The first-order valence-electron chi connectivity index (χ1n) is 8.83. The predicted molar refractivity (Wildman–Crippen MR) is 94.9 cm³/mol. The average Bonchev–Trinajstić information content (AvgIpc) is 3.35. The minimum atomic E-state index is -1.22. The van der Waals surface area contributed by atoms with E-state index in [0.717, 1.165) is 17.5 Å². The Balaban J connectivity index is 1.83. The largest absolute Gasteiger partial charge is 0.379 e. The number of ketones is 1. The molecular formula is C20H26N2O3. The molecule has 1 aromatic rings. The van der Waals surface area contributed by atoms with Crippen LogP contribution < -0.4 is 5.32 Å². The van der Waals surface area contributed by atoms with Gasteiger partial charge in [0.05, 0.1) is 12.2 Å². The number of ether oxygens (including phenoxy) is 1. The van der Waals surface area contributed by atoms with Crippen molar-refractivity contribution in [1.29, 1.82) is 5.26 Å². The average molecular weight is 342 g/mol. The standard InChI is InChI=1S/C20H26N2O3/c1-13(2)25-9-5-8-22-20(24)18(12-21)19(23)17-11-16(17)15-7-4-6-14(3)10-15/h4,6-7,10,13,16-18H,5,8-9,11H2,1-3H3,(H,22,24)/t16-,17+,18+/m0/s1. The molecule has 0 unspecified atom stereocenters. The molecule has 5 heteroatoms. The summed E-state index contributed by atoms with van der Waals surface area (Å²) in [5, 5.41) is 11.9. The molecule has 25 heavy (non-hydrogen) atoms. The van der Waals surface area contributed by atoms with Crippen LogP contribution in [0, 0.1) is 30.1 Å². The zero-order valence-corrected chi connectivity index (χ0v) is 15.1. The monoisotopic (exact) mass is 342 g/mol. The van der Waals surface area contributed by atoms with Crippen molar-refractivity contribution in [1.82, 2.24) is 5.32 Å². The highest BCUT2D eigenvalue weighted by atomic mass is 16.5. The lowest BCUT2D eigenvalue weighted by atomic mass is 9.97. The van der Waals surface area contributed by atoms with Crippen molar-refractivity contribution in [3.8, 4) is 6.07 Å². The molecule has 0 aromatic heterocycles. The normalized spacial score (nSPS) is 20.0. The first-order chi connectivity index (χ1) is 11.9. The fourth-order valence-corrected chi connectivity index (χ4v) is 2.95. The summed E-state index contributed by atoms with van der Waals surface area (Å²) in [5.41, 5.74) is 2.26. The number of Topliss-reactive ketones (excluding diaryl/α,β-unsaturated/α-hetero) is 1. The lowest BCUT2D eigenvalue weighted by Gasteiger charge is -2.11. The van der Waals surface area contributed by atoms with Crippen LogP contribution >= 0.6 is 0 Å². The first-order valence-corrected chi connectivity index (χ1v) is 8.83. The van der Waals surface area contributed by atoms with Gasteiger partial charge in [-0.1, -0.05) is 29.8 Å². The molecule has 1 saturated carbocycles. The first kappa shape index (κ1) is 19.1. The second-order valence-corrected chi connectivity index (χ2v) is 6.89. The number of nitrogens with zero attached hydrogens (tertiary/aromatic N) is 1. The third-order valence-corrected chi connectivity index (χ3v) is 4.37. The van der Waals surface area contributed by atoms with Gasteiger partial charge in [0, 0.05) is 19.1 Å². The van der Waals surface area contributed by atoms with Crippen molar-refractivity contribution in [2.75, 3.05) is 13.2 Å². The SMILES string of the molecule is Cc1cccc([C@@H]2C[C@H]2C(=O)[C@@H](C#N)C(=O)NCCCOC(C)C)c1. The molecule has 5 nitrogen and oxygen atoms in total. The van der Waals surface area contributed by atoms with E-state index in [9.17, 15) is 14.9 Å². The van der Waals surface area contributed by atoms with Crippen molar-refractivity contribution in [3.05, 3.63) is 35.4 Å². The van der Waals surface area contributed by atoms with Crippen molar-refractivity contribution in [3.63, 3.8) is 0 Å². The number of carbonyl (C=O) groups is 2. The number of nitrogens with one attached hydrogen (secondary N) is 1. The summed E-state index contributed by atoms with van der Waals surface area (Å²) in [6, 6.07) is 9.92. The maximum atomic E-state index is 12.5. The molecule has 3 atom stereocenters. The van der Waals surface area contributed by atoms with Crippen molar-refractivity contribution < 1.29 is 14.3 Å². The predicted octanol–water partition coefficient (Wildman–Crippen LogP) is 2.74. The van der Waals surface area contributed by atoms with Crippen LogP contribution in [-0.2, 0) is 14.3 Å². The quantitative estimate of drug-likeness (QED) is 0.553. The van der Waals surface area contributed by atoms with Gasteiger partial charge in [-0.15, -0.1) is 0 Å². The Morgan fingerprint density at radius 1 is 1.40 bits per heavy atom. The number of carbonyl (C=O) groups excluding carboxylic acids is 2. The molecular weight excluding hydrogens is 316 g/mol. The van der Waals surface area contributed by atoms with Gasteiger partial charge >= 0.3 is 0 Å². The maximum absolute atomic E-state index is 12.5. The molecule has 0 radical (unpaired) electrons. The van der Waals surface area contributed by atoms with Gasteiger partial charge in [0.1, 0.15) is 0 Å². The van der Waals surface area contributed by atoms with Crippen LogP contribution in [0.4, 0.5) is 0 Å². The highest BCUT2D eigenvalue weighted by Crippen LogP contribution is 2.49.